The maximum Gasteiger partial charge on any atom is 0.407 e. The van der Waals surface area contributed by atoms with Gasteiger partial charge in [-0.05, 0) is 35.1 Å². The lowest BCUT2D eigenvalue weighted by Crippen LogP contribution is -2.54. The molecule has 2 N–H and O–H groups in total. The fraction of sp³-hybridized carbons (Fsp3) is 0.423. The number of ether oxygens (including phenoxy) is 2. The Morgan fingerprint density at radius 1 is 1.11 bits per heavy atom. The van der Waals surface area contributed by atoms with E-state index >= 15 is 0 Å². The minimum atomic E-state index is -1.03. The SMILES string of the molecule is CCC1SCC(C(=O)O)N1C(=O)[C@H]1OCC[C@H]1NC(=O)OCC1c2ccccc2-c2ccccc21. The van der Waals surface area contributed by atoms with Gasteiger partial charge in [-0.1, -0.05) is 55.5 Å². The largest absolute Gasteiger partial charge is 0.480 e. The van der Waals surface area contributed by atoms with Crippen molar-refractivity contribution in [1.82, 2.24) is 10.2 Å². The standard InChI is InChI=1S/C26H28N2O6S/c1-2-22-28(21(14-35-22)25(30)31)24(29)23-20(11-12-33-23)27-26(32)34-13-19-17-9-5-3-7-15(17)16-8-4-6-10-18(16)19/h3-10,19-23H,2,11-14H2,1H3,(H,27,32)(H,30,31)/t20-,21?,22?,23+/m1/s1. The molecular formula is C26H28N2O6S. The number of rotatable bonds is 6. The lowest BCUT2D eigenvalue weighted by Gasteiger charge is -2.30. The van der Waals surface area contributed by atoms with Gasteiger partial charge < -0.3 is 24.8 Å². The number of nitrogens with one attached hydrogen (secondary N) is 1. The summed E-state index contributed by atoms with van der Waals surface area (Å²) in [5.74, 6) is -1.14. The van der Waals surface area contributed by atoms with Gasteiger partial charge in [0.05, 0.1) is 11.4 Å². The highest BCUT2D eigenvalue weighted by Gasteiger charge is 2.47. The molecule has 2 aromatic carbocycles. The van der Waals surface area contributed by atoms with Crippen LogP contribution in [0.5, 0.6) is 0 Å². The van der Waals surface area contributed by atoms with Crippen molar-refractivity contribution in [3.63, 3.8) is 0 Å². The lowest BCUT2D eigenvalue weighted by molar-refractivity contribution is -0.154. The number of carboxylic acid groups (broad SMARTS) is 1. The van der Waals surface area contributed by atoms with Crippen LogP contribution in [0.25, 0.3) is 11.1 Å². The molecule has 5 rings (SSSR count). The molecule has 2 aliphatic heterocycles. The number of nitrogens with zero attached hydrogens (tertiary/aromatic N) is 1. The highest BCUT2D eigenvalue weighted by molar-refractivity contribution is 8.00. The molecule has 0 spiro atoms. The van der Waals surface area contributed by atoms with E-state index in [0.29, 0.717) is 25.2 Å². The van der Waals surface area contributed by atoms with Gasteiger partial charge in [-0.3, -0.25) is 4.79 Å². The molecule has 2 fully saturated rings. The Kier molecular flexibility index (Phi) is 6.71. The molecule has 0 saturated carbocycles. The Balaban J connectivity index is 1.24. The number of fused-ring (bicyclic) bond motifs is 3. The van der Waals surface area contributed by atoms with Crippen LogP contribution in [0.3, 0.4) is 0 Å². The van der Waals surface area contributed by atoms with E-state index in [-0.39, 0.29) is 17.9 Å². The number of hydrogen-bond donors (Lipinski definition) is 2. The lowest BCUT2D eigenvalue weighted by atomic mass is 9.98. The number of carboxylic acids is 1. The van der Waals surface area contributed by atoms with Crippen LogP contribution in [-0.2, 0) is 19.1 Å². The van der Waals surface area contributed by atoms with E-state index in [9.17, 15) is 19.5 Å². The summed E-state index contributed by atoms with van der Waals surface area (Å²) >= 11 is 1.46. The van der Waals surface area contributed by atoms with Crippen LogP contribution in [0.15, 0.2) is 48.5 Å². The maximum absolute atomic E-state index is 13.3. The Labute approximate surface area is 208 Å². The van der Waals surface area contributed by atoms with E-state index < -0.39 is 36.2 Å². The zero-order valence-electron chi connectivity index (χ0n) is 19.4. The van der Waals surface area contributed by atoms with E-state index in [1.165, 1.54) is 16.7 Å². The van der Waals surface area contributed by atoms with Crippen LogP contribution < -0.4 is 5.32 Å². The molecule has 2 heterocycles. The maximum atomic E-state index is 13.3. The Morgan fingerprint density at radius 3 is 2.40 bits per heavy atom. The van der Waals surface area contributed by atoms with Crippen LogP contribution >= 0.6 is 11.8 Å². The number of thioether (sulfide) groups is 1. The van der Waals surface area contributed by atoms with Gasteiger partial charge in [-0.2, -0.15) is 0 Å². The molecule has 8 nitrogen and oxygen atoms in total. The van der Waals surface area contributed by atoms with Crippen molar-refractivity contribution >= 4 is 29.7 Å². The first-order valence-electron chi connectivity index (χ1n) is 11.9. The third-order valence-corrected chi connectivity index (χ3v) is 8.42. The summed E-state index contributed by atoms with van der Waals surface area (Å²) in [5.41, 5.74) is 4.54. The first-order chi connectivity index (χ1) is 17.0. The van der Waals surface area contributed by atoms with Crippen molar-refractivity contribution in [3.8, 4) is 11.1 Å². The Morgan fingerprint density at radius 2 is 1.77 bits per heavy atom. The summed E-state index contributed by atoms with van der Waals surface area (Å²) in [6, 6.07) is 14.8. The second-order valence-corrected chi connectivity index (χ2v) is 10.2. The van der Waals surface area contributed by atoms with E-state index in [1.54, 1.807) is 0 Å². The molecule has 3 aliphatic rings. The molecule has 0 bridgehead atoms. The molecule has 35 heavy (non-hydrogen) atoms. The highest BCUT2D eigenvalue weighted by Crippen LogP contribution is 2.44. The number of aliphatic carboxylic acids is 1. The third-order valence-electron chi connectivity index (χ3n) is 6.96. The van der Waals surface area contributed by atoms with E-state index in [4.69, 9.17) is 9.47 Å². The molecule has 2 amide bonds. The van der Waals surface area contributed by atoms with Crippen molar-refractivity contribution in [1.29, 1.82) is 0 Å². The first kappa shape index (κ1) is 23.7. The van der Waals surface area contributed by atoms with Gasteiger partial charge in [0.15, 0.2) is 6.10 Å². The van der Waals surface area contributed by atoms with Gasteiger partial charge in [0, 0.05) is 18.3 Å². The Bertz CT molecular complexity index is 1090. The average Bonchev–Trinajstić information content (AvgIpc) is 3.58. The zero-order valence-corrected chi connectivity index (χ0v) is 20.2. The van der Waals surface area contributed by atoms with Crippen molar-refractivity contribution in [2.45, 2.75) is 49.2 Å². The molecule has 9 heteroatoms. The zero-order chi connectivity index (χ0) is 24.5. The van der Waals surface area contributed by atoms with Crippen molar-refractivity contribution in [2.24, 2.45) is 0 Å². The highest BCUT2D eigenvalue weighted by atomic mass is 32.2. The summed E-state index contributed by atoms with van der Waals surface area (Å²) in [5, 5.41) is 12.2. The first-order valence-corrected chi connectivity index (χ1v) is 12.9. The predicted molar refractivity (Wildman–Crippen MR) is 131 cm³/mol. The average molecular weight is 497 g/mol. The number of hydrogen-bond acceptors (Lipinski definition) is 6. The predicted octanol–water partition coefficient (Wildman–Crippen LogP) is 3.45. The van der Waals surface area contributed by atoms with E-state index in [0.717, 1.165) is 22.3 Å². The summed E-state index contributed by atoms with van der Waals surface area (Å²) in [6.07, 6.45) is -0.448. The molecule has 4 atom stereocenters. The second-order valence-electron chi connectivity index (χ2n) is 8.95. The van der Waals surface area contributed by atoms with Gasteiger partial charge in [0.1, 0.15) is 12.6 Å². The third kappa shape index (κ3) is 4.38. The van der Waals surface area contributed by atoms with Crippen LogP contribution in [0, 0.1) is 0 Å². The number of carbonyl (C=O) groups excluding carboxylic acids is 2. The smallest absolute Gasteiger partial charge is 0.407 e. The summed E-state index contributed by atoms with van der Waals surface area (Å²) in [4.78, 5) is 39.2. The van der Waals surface area contributed by atoms with E-state index in [2.05, 4.69) is 29.6 Å². The second kappa shape index (κ2) is 9.91. The molecule has 0 aromatic heterocycles. The molecule has 1 aliphatic carbocycles. The molecule has 0 radical (unpaired) electrons. The monoisotopic (exact) mass is 496 g/mol. The molecule has 184 valence electrons. The minimum absolute atomic E-state index is 0.0614. The molecule has 2 aromatic rings. The topological polar surface area (TPSA) is 105 Å². The van der Waals surface area contributed by atoms with Crippen LogP contribution in [0.4, 0.5) is 4.79 Å². The normalized spacial score (nSPS) is 25.2. The van der Waals surface area contributed by atoms with Gasteiger partial charge in [0.2, 0.25) is 0 Å². The molecule has 2 saturated heterocycles. The van der Waals surface area contributed by atoms with Crippen LogP contribution in [-0.4, -0.2) is 70.5 Å². The number of alkyl carbamates (subject to hydrolysis) is 1. The van der Waals surface area contributed by atoms with Crippen molar-refractivity contribution < 1.29 is 29.0 Å². The molecular weight excluding hydrogens is 468 g/mol. The van der Waals surface area contributed by atoms with Gasteiger partial charge in [0.25, 0.3) is 5.91 Å². The number of benzene rings is 2. The fourth-order valence-electron chi connectivity index (χ4n) is 5.28. The van der Waals surface area contributed by atoms with Gasteiger partial charge in [-0.15, -0.1) is 11.8 Å². The Hall–Kier alpha value is -3.04. The summed E-state index contributed by atoms with van der Waals surface area (Å²) < 4.78 is 11.3. The molecule has 2 unspecified atom stereocenters. The van der Waals surface area contributed by atoms with Gasteiger partial charge >= 0.3 is 12.1 Å². The van der Waals surface area contributed by atoms with Crippen LogP contribution in [0.2, 0.25) is 0 Å². The van der Waals surface area contributed by atoms with E-state index in [1.807, 2.05) is 31.2 Å². The summed E-state index contributed by atoms with van der Waals surface area (Å²) in [6.45, 7) is 2.40. The number of carbonyl (C=O) groups is 3. The minimum Gasteiger partial charge on any atom is -0.480 e. The van der Waals surface area contributed by atoms with Gasteiger partial charge in [-0.25, -0.2) is 9.59 Å². The summed E-state index contributed by atoms with van der Waals surface area (Å²) in [7, 11) is 0. The van der Waals surface area contributed by atoms with Crippen molar-refractivity contribution in [2.75, 3.05) is 19.0 Å². The van der Waals surface area contributed by atoms with Crippen molar-refractivity contribution in [3.05, 3.63) is 59.7 Å². The number of amides is 2. The fourth-order valence-corrected chi connectivity index (χ4v) is 6.64. The van der Waals surface area contributed by atoms with Crippen LogP contribution in [0.1, 0.15) is 36.8 Å². The quantitative estimate of drug-likeness (QED) is 0.631.